The van der Waals surface area contributed by atoms with E-state index in [2.05, 4.69) is 26.2 Å². The second kappa shape index (κ2) is 5.43. The van der Waals surface area contributed by atoms with E-state index in [1.807, 2.05) is 42.5 Å². The molecule has 1 aromatic heterocycles. The van der Waals surface area contributed by atoms with Crippen molar-refractivity contribution in [3.63, 3.8) is 0 Å². The molecule has 0 spiro atoms. The lowest BCUT2D eigenvalue weighted by molar-refractivity contribution is 0.102. The Kier molecular flexibility index (Phi) is 3.48. The summed E-state index contributed by atoms with van der Waals surface area (Å²) in [6, 6.07) is 16.9. The van der Waals surface area contributed by atoms with E-state index in [4.69, 9.17) is 0 Å². The van der Waals surface area contributed by atoms with Crippen LogP contribution in [0.4, 0.5) is 5.69 Å². The zero-order valence-electron chi connectivity index (χ0n) is 10.5. The summed E-state index contributed by atoms with van der Waals surface area (Å²) in [5.41, 5.74) is 2.21. The van der Waals surface area contributed by atoms with Gasteiger partial charge >= 0.3 is 0 Å². The van der Waals surface area contributed by atoms with Crippen LogP contribution in [0.5, 0.6) is 0 Å². The summed E-state index contributed by atoms with van der Waals surface area (Å²) < 4.78 is 0.946. The molecule has 0 aliphatic rings. The van der Waals surface area contributed by atoms with Crippen molar-refractivity contribution >= 4 is 38.4 Å². The number of hydrogen-bond acceptors (Lipinski definition) is 2. The summed E-state index contributed by atoms with van der Waals surface area (Å²) >= 11 is 3.35. The Bertz CT molecular complexity index is 769. The van der Waals surface area contributed by atoms with Gasteiger partial charge in [-0.3, -0.25) is 9.78 Å². The summed E-state index contributed by atoms with van der Waals surface area (Å²) in [5.74, 6) is -0.144. The third-order valence-corrected chi connectivity index (χ3v) is 3.48. The molecular formula is C16H11BrN2O. The highest BCUT2D eigenvalue weighted by Gasteiger charge is 2.06. The van der Waals surface area contributed by atoms with Crippen LogP contribution in [-0.4, -0.2) is 10.9 Å². The Morgan fingerprint density at radius 2 is 1.80 bits per heavy atom. The zero-order valence-corrected chi connectivity index (χ0v) is 12.1. The molecule has 3 nitrogen and oxygen atoms in total. The molecule has 0 saturated carbocycles. The van der Waals surface area contributed by atoms with Gasteiger partial charge in [0.05, 0.1) is 17.4 Å². The molecule has 0 radical (unpaired) electrons. The van der Waals surface area contributed by atoms with E-state index in [-0.39, 0.29) is 5.91 Å². The molecule has 0 aliphatic carbocycles. The molecule has 0 fully saturated rings. The van der Waals surface area contributed by atoms with E-state index in [1.165, 1.54) is 0 Å². The standard InChI is InChI=1S/C16H11BrN2O/c17-13-7-5-11(6-8-13)16(20)19-14-9-12-3-1-2-4-15(12)18-10-14/h1-10H,(H,19,20). The van der Waals surface area contributed by atoms with Crippen molar-refractivity contribution in [3.05, 3.63) is 70.8 Å². The molecule has 1 heterocycles. The minimum atomic E-state index is -0.144. The molecule has 0 atom stereocenters. The Labute approximate surface area is 124 Å². The first kappa shape index (κ1) is 12.8. The van der Waals surface area contributed by atoms with Gasteiger partial charge in [-0.2, -0.15) is 0 Å². The first-order valence-electron chi connectivity index (χ1n) is 6.14. The number of aromatic nitrogens is 1. The van der Waals surface area contributed by atoms with Gasteiger partial charge in [-0.15, -0.1) is 0 Å². The molecule has 0 aliphatic heterocycles. The van der Waals surface area contributed by atoms with Gasteiger partial charge < -0.3 is 5.32 Å². The summed E-state index contributed by atoms with van der Waals surface area (Å²) in [5, 5.41) is 3.85. The molecule has 0 unspecified atom stereocenters. The van der Waals surface area contributed by atoms with Crippen LogP contribution in [0.2, 0.25) is 0 Å². The third kappa shape index (κ3) is 2.70. The molecule has 0 bridgehead atoms. The molecule has 98 valence electrons. The maximum atomic E-state index is 12.1. The number of anilines is 1. The van der Waals surface area contributed by atoms with Crippen molar-refractivity contribution in [3.8, 4) is 0 Å². The minimum absolute atomic E-state index is 0.144. The molecule has 0 saturated heterocycles. The Morgan fingerprint density at radius 1 is 1.05 bits per heavy atom. The molecule has 1 N–H and O–H groups in total. The lowest BCUT2D eigenvalue weighted by Gasteiger charge is -2.06. The van der Waals surface area contributed by atoms with Gasteiger partial charge in [-0.25, -0.2) is 0 Å². The van der Waals surface area contributed by atoms with E-state index in [1.54, 1.807) is 18.3 Å². The predicted octanol–water partition coefficient (Wildman–Crippen LogP) is 4.25. The number of halogens is 1. The predicted molar refractivity (Wildman–Crippen MR) is 83.8 cm³/mol. The van der Waals surface area contributed by atoms with E-state index in [0.717, 1.165) is 15.4 Å². The highest BCUT2D eigenvalue weighted by atomic mass is 79.9. The van der Waals surface area contributed by atoms with Gasteiger partial charge in [0.25, 0.3) is 5.91 Å². The van der Waals surface area contributed by atoms with Gasteiger partial charge in [0.1, 0.15) is 0 Å². The fourth-order valence-electron chi connectivity index (χ4n) is 1.94. The maximum Gasteiger partial charge on any atom is 0.255 e. The van der Waals surface area contributed by atoms with Gasteiger partial charge in [0.15, 0.2) is 0 Å². The Balaban J connectivity index is 1.85. The fraction of sp³-hybridized carbons (Fsp3) is 0. The molecular weight excluding hydrogens is 316 g/mol. The topological polar surface area (TPSA) is 42.0 Å². The molecule has 2 aromatic carbocycles. The van der Waals surface area contributed by atoms with Crippen molar-refractivity contribution in [2.75, 3.05) is 5.32 Å². The molecule has 1 amide bonds. The van der Waals surface area contributed by atoms with E-state index in [9.17, 15) is 4.79 Å². The lowest BCUT2D eigenvalue weighted by Crippen LogP contribution is -2.11. The van der Waals surface area contributed by atoms with Crippen LogP contribution < -0.4 is 5.32 Å². The third-order valence-electron chi connectivity index (χ3n) is 2.95. The van der Waals surface area contributed by atoms with Crippen LogP contribution in [0.1, 0.15) is 10.4 Å². The van der Waals surface area contributed by atoms with Crippen molar-refractivity contribution in [2.24, 2.45) is 0 Å². The average Bonchev–Trinajstić information content (AvgIpc) is 2.48. The number of carbonyl (C=O) groups excluding carboxylic acids is 1. The number of fused-ring (bicyclic) bond motifs is 1. The van der Waals surface area contributed by atoms with Gasteiger partial charge in [0, 0.05) is 15.4 Å². The maximum absolute atomic E-state index is 12.1. The average molecular weight is 327 g/mol. The molecule has 20 heavy (non-hydrogen) atoms. The fourth-order valence-corrected chi connectivity index (χ4v) is 2.21. The quantitative estimate of drug-likeness (QED) is 0.764. The normalized spacial score (nSPS) is 10.4. The number of amides is 1. The zero-order chi connectivity index (χ0) is 13.9. The SMILES string of the molecule is O=C(Nc1cnc2ccccc2c1)c1ccc(Br)cc1. The summed E-state index contributed by atoms with van der Waals surface area (Å²) in [6.45, 7) is 0. The van der Waals surface area contributed by atoms with Crippen LogP contribution in [0.25, 0.3) is 10.9 Å². The summed E-state index contributed by atoms with van der Waals surface area (Å²) in [6.07, 6.45) is 1.67. The largest absolute Gasteiger partial charge is 0.321 e. The number of pyridine rings is 1. The summed E-state index contributed by atoms with van der Waals surface area (Å²) in [4.78, 5) is 16.4. The van der Waals surface area contributed by atoms with Crippen molar-refractivity contribution in [1.29, 1.82) is 0 Å². The van der Waals surface area contributed by atoms with Crippen molar-refractivity contribution in [2.45, 2.75) is 0 Å². The van der Waals surface area contributed by atoms with E-state index < -0.39 is 0 Å². The number of nitrogens with zero attached hydrogens (tertiary/aromatic N) is 1. The smallest absolute Gasteiger partial charge is 0.255 e. The van der Waals surface area contributed by atoms with Crippen LogP contribution in [-0.2, 0) is 0 Å². The minimum Gasteiger partial charge on any atom is -0.321 e. The highest BCUT2D eigenvalue weighted by Crippen LogP contribution is 2.17. The van der Waals surface area contributed by atoms with Gasteiger partial charge in [0.2, 0.25) is 0 Å². The summed E-state index contributed by atoms with van der Waals surface area (Å²) in [7, 11) is 0. The number of para-hydroxylation sites is 1. The van der Waals surface area contributed by atoms with E-state index in [0.29, 0.717) is 11.3 Å². The number of rotatable bonds is 2. The van der Waals surface area contributed by atoms with Crippen LogP contribution in [0, 0.1) is 0 Å². The van der Waals surface area contributed by atoms with E-state index >= 15 is 0 Å². The first-order valence-corrected chi connectivity index (χ1v) is 6.93. The van der Waals surface area contributed by atoms with Gasteiger partial charge in [-0.1, -0.05) is 34.1 Å². The number of nitrogens with one attached hydrogen (secondary N) is 1. The van der Waals surface area contributed by atoms with Crippen LogP contribution in [0.15, 0.2) is 65.3 Å². The van der Waals surface area contributed by atoms with Crippen molar-refractivity contribution in [1.82, 2.24) is 4.98 Å². The van der Waals surface area contributed by atoms with Crippen LogP contribution in [0.3, 0.4) is 0 Å². The van der Waals surface area contributed by atoms with Gasteiger partial charge in [-0.05, 0) is 36.4 Å². The molecule has 3 aromatic rings. The first-order chi connectivity index (χ1) is 9.72. The highest BCUT2D eigenvalue weighted by molar-refractivity contribution is 9.10. The van der Waals surface area contributed by atoms with Crippen LogP contribution >= 0.6 is 15.9 Å². The number of hydrogen-bond donors (Lipinski definition) is 1. The lowest BCUT2D eigenvalue weighted by atomic mass is 10.2. The number of benzene rings is 2. The molecule has 3 rings (SSSR count). The molecule has 4 heteroatoms. The second-order valence-corrected chi connectivity index (χ2v) is 5.29. The van der Waals surface area contributed by atoms with Crippen molar-refractivity contribution < 1.29 is 4.79 Å². The second-order valence-electron chi connectivity index (χ2n) is 4.38. The monoisotopic (exact) mass is 326 g/mol. The Morgan fingerprint density at radius 3 is 2.60 bits per heavy atom. The Hall–Kier alpha value is -2.20. The number of carbonyl (C=O) groups is 1.